The minimum atomic E-state index is -0.488. The number of carbonyl (C=O) groups is 1. The number of para-hydroxylation sites is 1. The van der Waals surface area contributed by atoms with Crippen LogP contribution >= 0.6 is 0 Å². The molecule has 1 aliphatic heterocycles. The molecule has 1 aliphatic carbocycles. The van der Waals surface area contributed by atoms with Gasteiger partial charge in [0, 0.05) is 16.5 Å². The summed E-state index contributed by atoms with van der Waals surface area (Å²) in [5, 5.41) is 12.1. The van der Waals surface area contributed by atoms with Crippen molar-refractivity contribution in [2.24, 2.45) is 5.92 Å². The quantitative estimate of drug-likeness (QED) is 0.488. The van der Waals surface area contributed by atoms with Gasteiger partial charge in [0.25, 0.3) is 0 Å². The Morgan fingerprint density at radius 2 is 2.19 bits per heavy atom. The molecule has 4 rings (SSSR count). The molecule has 1 unspecified atom stereocenters. The summed E-state index contributed by atoms with van der Waals surface area (Å²) in [4.78, 5) is 10.9. The summed E-state index contributed by atoms with van der Waals surface area (Å²) >= 11 is 0. The van der Waals surface area contributed by atoms with Crippen LogP contribution in [0.5, 0.6) is 0 Å². The molecule has 0 amide bonds. The number of aromatic nitrogens is 1. The molecular formula is C23H27NO2. The van der Waals surface area contributed by atoms with E-state index in [4.69, 9.17) is 0 Å². The maximum absolute atomic E-state index is 10.9. The third-order valence-corrected chi connectivity index (χ3v) is 6.68. The van der Waals surface area contributed by atoms with Crippen molar-refractivity contribution in [1.29, 1.82) is 0 Å². The zero-order chi connectivity index (χ0) is 18.5. The van der Waals surface area contributed by atoms with Crippen LogP contribution in [-0.4, -0.2) is 16.0 Å². The number of nitrogens with zero attached hydrogens (tertiary/aromatic N) is 1. The molecule has 0 bridgehead atoms. The van der Waals surface area contributed by atoms with Crippen LogP contribution < -0.4 is 0 Å². The molecule has 1 N–H and O–H groups in total. The maximum Gasteiger partial charge on any atom is 0.145 e. The highest BCUT2D eigenvalue weighted by atomic mass is 16.3. The second kappa shape index (κ2) is 6.24. The van der Waals surface area contributed by atoms with Gasteiger partial charge in [-0.15, -0.1) is 0 Å². The van der Waals surface area contributed by atoms with E-state index in [9.17, 15) is 9.90 Å². The highest BCUT2D eigenvalue weighted by Crippen LogP contribution is 2.55. The fourth-order valence-corrected chi connectivity index (χ4v) is 5.16. The van der Waals surface area contributed by atoms with E-state index < -0.39 is 6.23 Å². The maximum atomic E-state index is 10.9. The smallest absolute Gasteiger partial charge is 0.145 e. The molecule has 26 heavy (non-hydrogen) atoms. The molecule has 3 heteroatoms. The molecule has 0 radical (unpaired) electrons. The minimum absolute atomic E-state index is 0.116. The monoisotopic (exact) mass is 349 g/mol. The summed E-state index contributed by atoms with van der Waals surface area (Å²) in [5.74, 6) is 0.455. The Bertz CT molecular complexity index is 920. The van der Waals surface area contributed by atoms with Gasteiger partial charge in [0.15, 0.2) is 0 Å². The van der Waals surface area contributed by atoms with E-state index in [0.717, 1.165) is 49.5 Å². The molecule has 0 saturated carbocycles. The molecule has 2 aromatic rings. The van der Waals surface area contributed by atoms with Gasteiger partial charge in [0.1, 0.15) is 12.5 Å². The van der Waals surface area contributed by atoms with Crippen molar-refractivity contribution >= 4 is 17.2 Å². The highest BCUT2D eigenvalue weighted by Gasteiger charge is 2.49. The number of rotatable bonds is 4. The third-order valence-electron chi connectivity index (χ3n) is 6.68. The summed E-state index contributed by atoms with van der Waals surface area (Å²) in [5.41, 5.74) is 5.71. The Kier molecular flexibility index (Phi) is 4.15. The minimum Gasteiger partial charge on any atom is -0.373 e. The van der Waals surface area contributed by atoms with Crippen LogP contribution in [0.2, 0.25) is 0 Å². The molecule has 0 fully saturated rings. The van der Waals surface area contributed by atoms with Crippen LogP contribution in [0.15, 0.2) is 48.1 Å². The standard InChI is InChI=1S/C23H27NO2/c1-15(14-25)7-6-8-17-13-19-18-9-4-5-10-20(18)24-21(26)12-11-16(2)23(17,3)22(19)24/h4-5,7,9-10,14,17,21,26H,2,6,8,11-13H2,1,3H3/b15-7+/t17-,21?,23+/m0/s1. The van der Waals surface area contributed by atoms with Gasteiger partial charge < -0.3 is 9.67 Å². The first kappa shape index (κ1) is 17.3. The first-order valence-corrected chi connectivity index (χ1v) is 9.59. The lowest BCUT2D eigenvalue weighted by Gasteiger charge is -2.34. The van der Waals surface area contributed by atoms with Crippen molar-refractivity contribution in [3.8, 4) is 0 Å². The predicted octanol–water partition coefficient (Wildman–Crippen LogP) is 4.84. The van der Waals surface area contributed by atoms with Gasteiger partial charge in [-0.3, -0.25) is 4.79 Å². The van der Waals surface area contributed by atoms with E-state index in [1.807, 2.05) is 13.0 Å². The number of hydrogen-bond acceptors (Lipinski definition) is 2. The molecule has 3 nitrogen and oxygen atoms in total. The lowest BCUT2D eigenvalue weighted by molar-refractivity contribution is -0.104. The van der Waals surface area contributed by atoms with Gasteiger partial charge in [-0.25, -0.2) is 0 Å². The summed E-state index contributed by atoms with van der Waals surface area (Å²) in [6.45, 7) is 8.63. The van der Waals surface area contributed by atoms with Crippen molar-refractivity contribution in [3.63, 3.8) is 0 Å². The molecule has 2 heterocycles. The Labute approximate surface area is 155 Å². The summed E-state index contributed by atoms with van der Waals surface area (Å²) in [7, 11) is 0. The van der Waals surface area contributed by atoms with Crippen LogP contribution in [0.3, 0.4) is 0 Å². The SMILES string of the molecule is C=C1CCC(O)n2c3c(c4ccccc42)C[C@H](CC/C=C(\C)C=O)[C@@]13C. The lowest BCUT2D eigenvalue weighted by Crippen LogP contribution is -2.31. The zero-order valence-corrected chi connectivity index (χ0v) is 15.7. The van der Waals surface area contributed by atoms with Crippen LogP contribution in [0.4, 0.5) is 0 Å². The molecule has 2 aliphatic rings. The van der Waals surface area contributed by atoms with E-state index in [2.05, 4.69) is 42.3 Å². The fourth-order valence-electron chi connectivity index (χ4n) is 5.16. The normalized spacial score (nSPS) is 28.3. The van der Waals surface area contributed by atoms with E-state index >= 15 is 0 Å². The molecule has 136 valence electrons. The van der Waals surface area contributed by atoms with Gasteiger partial charge in [-0.1, -0.05) is 43.4 Å². The summed E-state index contributed by atoms with van der Waals surface area (Å²) < 4.78 is 2.18. The second-order valence-corrected chi connectivity index (χ2v) is 8.08. The summed E-state index contributed by atoms with van der Waals surface area (Å²) in [6.07, 6.45) is 7.00. The second-order valence-electron chi connectivity index (χ2n) is 8.08. The fraction of sp³-hybridized carbons (Fsp3) is 0.435. The van der Waals surface area contributed by atoms with Gasteiger partial charge in [0.2, 0.25) is 0 Å². The number of aldehydes is 1. The first-order chi connectivity index (χ1) is 12.5. The van der Waals surface area contributed by atoms with Crippen molar-refractivity contribution in [2.75, 3.05) is 0 Å². The average molecular weight is 349 g/mol. The number of carbonyl (C=O) groups excluding carboxylic acids is 1. The van der Waals surface area contributed by atoms with Gasteiger partial charge in [0.05, 0.1) is 5.52 Å². The Morgan fingerprint density at radius 3 is 2.96 bits per heavy atom. The van der Waals surface area contributed by atoms with E-state index in [1.165, 1.54) is 22.2 Å². The number of benzene rings is 1. The molecule has 1 aromatic heterocycles. The largest absolute Gasteiger partial charge is 0.373 e. The van der Waals surface area contributed by atoms with E-state index in [0.29, 0.717) is 5.92 Å². The first-order valence-electron chi connectivity index (χ1n) is 9.59. The van der Waals surface area contributed by atoms with Crippen molar-refractivity contribution in [2.45, 2.75) is 57.6 Å². The molecule has 3 atom stereocenters. The third kappa shape index (κ3) is 2.34. The van der Waals surface area contributed by atoms with Gasteiger partial charge in [-0.2, -0.15) is 0 Å². The van der Waals surface area contributed by atoms with Crippen LogP contribution in [-0.2, 0) is 16.6 Å². The molecular weight excluding hydrogens is 322 g/mol. The lowest BCUT2D eigenvalue weighted by atomic mass is 9.70. The topological polar surface area (TPSA) is 42.2 Å². The predicted molar refractivity (Wildman–Crippen MR) is 105 cm³/mol. The van der Waals surface area contributed by atoms with Crippen LogP contribution in [0, 0.1) is 5.92 Å². The van der Waals surface area contributed by atoms with E-state index in [-0.39, 0.29) is 5.41 Å². The van der Waals surface area contributed by atoms with E-state index in [1.54, 1.807) is 0 Å². The van der Waals surface area contributed by atoms with Crippen molar-refractivity contribution in [1.82, 2.24) is 4.57 Å². The van der Waals surface area contributed by atoms with Gasteiger partial charge >= 0.3 is 0 Å². The average Bonchev–Trinajstić information content (AvgIpc) is 3.09. The Morgan fingerprint density at radius 1 is 1.42 bits per heavy atom. The molecule has 1 aromatic carbocycles. The number of hydrogen-bond donors (Lipinski definition) is 1. The summed E-state index contributed by atoms with van der Waals surface area (Å²) in [6, 6.07) is 8.44. The van der Waals surface area contributed by atoms with Crippen LogP contribution in [0.25, 0.3) is 10.9 Å². The molecule has 0 saturated heterocycles. The molecule has 0 spiro atoms. The number of aliphatic hydroxyl groups excluding tert-OH is 1. The van der Waals surface area contributed by atoms with Crippen LogP contribution in [0.1, 0.15) is 57.0 Å². The Balaban J connectivity index is 1.83. The number of allylic oxidation sites excluding steroid dienone is 3. The van der Waals surface area contributed by atoms with Crippen molar-refractivity contribution in [3.05, 3.63) is 59.3 Å². The highest BCUT2D eigenvalue weighted by molar-refractivity contribution is 5.87. The van der Waals surface area contributed by atoms with Gasteiger partial charge in [-0.05, 0) is 62.1 Å². The zero-order valence-electron chi connectivity index (χ0n) is 15.7. The number of aliphatic hydroxyl groups is 1. The Hall–Kier alpha value is -2.13. The number of fused-ring (bicyclic) bond motifs is 3. The van der Waals surface area contributed by atoms with Crippen molar-refractivity contribution < 1.29 is 9.90 Å².